The van der Waals surface area contributed by atoms with Crippen LogP contribution in [0.1, 0.15) is 59.3 Å². The molecule has 1 saturated heterocycles. The van der Waals surface area contributed by atoms with Crippen molar-refractivity contribution in [3.05, 3.63) is 48.2 Å². The average molecular weight is 472 g/mol. The van der Waals surface area contributed by atoms with E-state index in [9.17, 15) is 14.4 Å². The van der Waals surface area contributed by atoms with Crippen molar-refractivity contribution >= 4 is 23.7 Å². The number of hydrogen-bond donors (Lipinski definition) is 1. The van der Waals surface area contributed by atoms with Crippen LogP contribution in [0.15, 0.2) is 47.1 Å². The van der Waals surface area contributed by atoms with Crippen molar-refractivity contribution in [1.29, 1.82) is 0 Å². The summed E-state index contributed by atoms with van der Waals surface area (Å²) in [6.45, 7) is 4.34. The Labute approximate surface area is 201 Å². The van der Waals surface area contributed by atoms with Crippen LogP contribution >= 0.6 is 0 Å². The van der Waals surface area contributed by atoms with Crippen LogP contribution in [0.2, 0.25) is 0 Å². The number of carbonyl (C=O) groups is 3. The number of para-hydroxylation sites is 1. The number of anilines is 1. The Morgan fingerprint density at radius 3 is 2.71 bits per heavy atom. The van der Waals surface area contributed by atoms with E-state index in [0.29, 0.717) is 37.6 Å². The van der Waals surface area contributed by atoms with Gasteiger partial charge in [0.15, 0.2) is 0 Å². The first kappa shape index (κ1) is 23.9. The van der Waals surface area contributed by atoms with Crippen molar-refractivity contribution in [2.45, 2.75) is 64.9 Å². The molecule has 0 aliphatic carbocycles. The van der Waals surface area contributed by atoms with Crippen LogP contribution in [0.3, 0.4) is 0 Å². The van der Waals surface area contributed by atoms with Crippen molar-refractivity contribution in [2.24, 2.45) is 5.92 Å². The zero-order chi connectivity index (χ0) is 25.4. The lowest BCUT2D eigenvalue weighted by atomic mass is 9.94. The molecule has 1 unspecified atom stereocenters. The number of hydrogen-bond acceptors (Lipinski definition) is 5. The summed E-state index contributed by atoms with van der Waals surface area (Å²) in [5, 5.41) is 8.74. The minimum absolute atomic E-state index is 0.0700. The Kier molecular flexibility index (Phi) is 8.60. The van der Waals surface area contributed by atoms with E-state index in [0.717, 1.165) is 18.4 Å². The van der Waals surface area contributed by atoms with E-state index in [4.69, 9.17) is 15.6 Å². The molecule has 1 aliphatic rings. The van der Waals surface area contributed by atoms with Gasteiger partial charge in [0, 0.05) is 49.5 Å². The van der Waals surface area contributed by atoms with Crippen LogP contribution in [0.4, 0.5) is 5.88 Å². The van der Waals surface area contributed by atoms with Gasteiger partial charge in [-0.2, -0.15) is 0 Å². The lowest BCUT2D eigenvalue weighted by molar-refractivity contribution is -0.141. The number of aliphatic carboxylic acids is 1. The summed E-state index contributed by atoms with van der Waals surface area (Å²) in [6.07, 6.45) is 4.31. The highest BCUT2D eigenvalue weighted by Crippen LogP contribution is 2.28. The number of piperidine rings is 1. The van der Waals surface area contributed by atoms with Gasteiger partial charge in [0.05, 0.1) is 14.2 Å². The van der Waals surface area contributed by atoms with E-state index in [-0.39, 0.29) is 31.2 Å². The molecule has 1 fully saturated rings. The molecule has 1 N–H and O–H groups in total. The summed E-state index contributed by atoms with van der Waals surface area (Å²) in [7, 11) is 0. The van der Waals surface area contributed by atoms with Gasteiger partial charge in [-0.15, -0.1) is 0 Å². The summed E-state index contributed by atoms with van der Waals surface area (Å²) in [5.41, 5.74) is 0.783. The Morgan fingerprint density at radius 2 is 2.03 bits per heavy atom. The molecule has 34 heavy (non-hydrogen) atoms. The molecule has 0 spiro atoms. The summed E-state index contributed by atoms with van der Waals surface area (Å²) < 4.78 is 19.9. The maximum absolute atomic E-state index is 13.5. The van der Waals surface area contributed by atoms with Gasteiger partial charge in [0.1, 0.15) is 5.75 Å². The van der Waals surface area contributed by atoms with Crippen molar-refractivity contribution in [2.75, 3.05) is 18.1 Å². The molecule has 3 rings (SSSR count). The van der Waals surface area contributed by atoms with Crippen molar-refractivity contribution in [1.82, 2.24) is 4.90 Å². The zero-order valence-corrected chi connectivity index (χ0v) is 19.9. The standard InChI is InChI=1S/C26H34N2O6/c1-19(2)28(26(32)20-13-14-27(23(29)17-20)24-11-8-16-34-24)18-21-9-5-6-10-22(21)33-15-7-3-4-12-25(30)31/h5-6,8-11,16,19-20H,3-4,7,12-15,17-18H2,1-2H3,(H,30,31)/i19D. The van der Waals surface area contributed by atoms with E-state index in [1.165, 1.54) is 11.2 Å². The molecule has 0 bridgehead atoms. The maximum Gasteiger partial charge on any atom is 0.303 e. The largest absolute Gasteiger partial charge is 0.493 e. The second-order valence-corrected chi connectivity index (χ2v) is 8.72. The van der Waals surface area contributed by atoms with Gasteiger partial charge in [0.2, 0.25) is 17.7 Å². The first-order valence-electron chi connectivity index (χ1n) is 12.2. The van der Waals surface area contributed by atoms with E-state index in [2.05, 4.69) is 0 Å². The van der Waals surface area contributed by atoms with Gasteiger partial charge in [-0.3, -0.25) is 19.3 Å². The van der Waals surface area contributed by atoms with Crippen LogP contribution in [0.25, 0.3) is 0 Å². The number of unbranched alkanes of at least 4 members (excludes halogenated alkanes) is 2. The fraction of sp³-hybridized carbons (Fsp3) is 0.500. The summed E-state index contributed by atoms with van der Waals surface area (Å²) in [4.78, 5) is 39.9. The molecule has 1 aromatic carbocycles. The highest BCUT2D eigenvalue weighted by molar-refractivity contribution is 5.96. The number of benzene rings is 1. The predicted octanol–water partition coefficient (Wildman–Crippen LogP) is 4.48. The minimum Gasteiger partial charge on any atom is -0.493 e. The quantitative estimate of drug-likeness (QED) is 0.458. The topological polar surface area (TPSA) is 100 Å². The summed E-state index contributed by atoms with van der Waals surface area (Å²) >= 11 is 0. The minimum atomic E-state index is -1.19. The highest BCUT2D eigenvalue weighted by Gasteiger charge is 2.35. The van der Waals surface area contributed by atoms with Crippen molar-refractivity contribution in [3.8, 4) is 5.75 Å². The molecule has 184 valence electrons. The monoisotopic (exact) mass is 471 g/mol. The number of rotatable bonds is 12. The molecule has 1 atom stereocenters. The highest BCUT2D eigenvalue weighted by atomic mass is 16.5. The third kappa shape index (κ3) is 6.85. The normalized spacial score (nSPS) is 16.8. The maximum atomic E-state index is 13.5. The number of carbonyl (C=O) groups excluding carboxylic acids is 2. The number of nitrogens with zero attached hydrogens (tertiary/aromatic N) is 2. The molecule has 8 nitrogen and oxygen atoms in total. The Bertz CT molecular complexity index is 1000. The molecule has 8 heteroatoms. The van der Waals surface area contributed by atoms with Crippen molar-refractivity contribution < 1.29 is 30.0 Å². The number of amides is 2. The average Bonchev–Trinajstić information content (AvgIpc) is 3.33. The predicted molar refractivity (Wildman–Crippen MR) is 128 cm³/mol. The Balaban J connectivity index is 1.64. The molecular weight excluding hydrogens is 436 g/mol. The third-order valence-electron chi connectivity index (χ3n) is 5.94. The third-order valence-corrected chi connectivity index (χ3v) is 5.94. The first-order chi connectivity index (χ1) is 16.7. The Morgan fingerprint density at radius 1 is 1.24 bits per heavy atom. The lowest BCUT2D eigenvalue weighted by Gasteiger charge is -2.35. The van der Waals surface area contributed by atoms with Gasteiger partial charge in [-0.05, 0) is 51.7 Å². The molecular formula is C26H34N2O6. The lowest BCUT2D eigenvalue weighted by Crippen LogP contribution is -2.47. The van der Waals surface area contributed by atoms with Gasteiger partial charge in [-0.1, -0.05) is 18.2 Å². The van der Waals surface area contributed by atoms with Gasteiger partial charge in [0.25, 0.3) is 0 Å². The second kappa shape index (κ2) is 12.3. The van der Waals surface area contributed by atoms with Crippen LogP contribution in [-0.4, -0.2) is 47.0 Å². The van der Waals surface area contributed by atoms with Crippen LogP contribution in [0, 0.1) is 5.92 Å². The number of furan rings is 1. The number of ether oxygens (including phenoxy) is 1. The van der Waals surface area contributed by atoms with Crippen molar-refractivity contribution in [3.63, 3.8) is 0 Å². The molecule has 2 aromatic rings. The molecule has 2 amide bonds. The zero-order valence-electron chi connectivity index (χ0n) is 20.9. The smallest absolute Gasteiger partial charge is 0.303 e. The van der Waals surface area contributed by atoms with E-state index in [1.54, 1.807) is 30.9 Å². The first-order valence-corrected chi connectivity index (χ1v) is 11.7. The van der Waals surface area contributed by atoms with Crippen LogP contribution in [0.5, 0.6) is 5.75 Å². The number of carboxylic acids is 1. The Hall–Kier alpha value is -3.29. The molecule has 2 heterocycles. The summed E-state index contributed by atoms with van der Waals surface area (Å²) in [6, 6.07) is 9.67. The fourth-order valence-corrected chi connectivity index (χ4v) is 4.06. The molecule has 1 aliphatic heterocycles. The molecule has 0 saturated carbocycles. The van der Waals surface area contributed by atoms with Crippen LogP contribution < -0.4 is 9.64 Å². The van der Waals surface area contributed by atoms with E-state index in [1.807, 2.05) is 24.3 Å². The summed E-state index contributed by atoms with van der Waals surface area (Å²) in [5.74, 6) is -0.572. The van der Waals surface area contributed by atoms with E-state index < -0.39 is 17.9 Å². The van der Waals surface area contributed by atoms with E-state index >= 15 is 0 Å². The van der Waals surface area contributed by atoms with Gasteiger partial charge >= 0.3 is 5.97 Å². The molecule has 0 radical (unpaired) electrons. The van der Waals surface area contributed by atoms with Crippen LogP contribution in [-0.2, 0) is 20.9 Å². The number of carboxylic acid groups (broad SMARTS) is 1. The fourth-order valence-electron chi connectivity index (χ4n) is 4.06. The van der Waals surface area contributed by atoms with Gasteiger partial charge < -0.3 is 19.2 Å². The second-order valence-electron chi connectivity index (χ2n) is 8.72. The molecule has 1 aromatic heterocycles. The van der Waals surface area contributed by atoms with Gasteiger partial charge in [-0.25, -0.2) is 0 Å². The SMILES string of the molecule is [2H]C(C)(C)N(Cc1ccccc1OCCCCCC(=O)O)C(=O)C1CCN(c2ccco2)C(=O)C1.